The summed E-state index contributed by atoms with van der Waals surface area (Å²) in [7, 11) is 3.31. The highest BCUT2D eigenvalue weighted by Gasteiger charge is 2.23. The molecule has 0 unspecified atom stereocenters. The van der Waals surface area contributed by atoms with Crippen molar-refractivity contribution in [2.24, 2.45) is 17.6 Å². The fourth-order valence-corrected chi connectivity index (χ4v) is 3.74. The van der Waals surface area contributed by atoms with Gasteiger partial charge in [0.25, 0.3) is 0 Å². The van der Waals surface area contributed by atoms with E-state index in [0.29, 0.717) is 37.7 Å². The summed E-state index contributed by atoms with van der Waals surface area (Å²) in [6.07, 6.45) is 5.01. The molecule has 0 saturated carbocycles. The molecule has 7 nitrogen and oxygen atoms in total. The van der Waals surface area contributed by atoms with Gasteiger partial charge in [-0.1, -0.05) is 39.7 Å². The highest BCUT2D eigenvalue weighted by Crippen LogP contribution is 2.31. The first-order valence-corrected chi connectivity index (χ1v) is 12.3. The van der Waals surface area contributed by atoms with Gasteiger partial charge in [0.05, 0.1) is 19.8 Å². The highest BCUT2D eigenvalue weighted by molar-refractivity contribution is 5.75. The molecule has 4 N–H and O–H groups in total. The van der Waals surface area contributed by atoms with E-state index in [4.69, 9.17) is 19.9 Å². The summed E-state index contributed by atoms with van der Waals surface area (Å²) in [6.45, 7) is 7.85. The average molecular weight is 467 g/mol. The van der Waals surface area contributed by atoms with Gasteiger partial charge in [-0.05, 0) is 48.8 Å². The number of hydrogen-bond acceptors (Lipinski definition) is 6. The number of benzene rings is 1. The normalized spacial score (nSPS) is 14.1. The number of rotatable bonds is 18. The van der Waals surface area contributed by atoms with Crippen LogP contribution < -0.4 is 20.5 Å². The monoisotopic (exact) mass is 466 g/mol. The van der Waals surface area contributed by atoms with Gasteiger partial charge in [-0.3, -0.25) is 4.79 Å². The molecule has 0 heterocycles. The van der Waals surface area contributed by atoms with E-state index in [1.165, 1.54) is 0 Å². The number of nitrogens with two attached hydrogens (primary N) is 1. The van der Waals surface area contributed by atoms with Crippen molar-refractivity contribution in [1.82, 2.24) is 5.32 Å². The Morgan fingerprint density at radius 1 is 1.12 bits per heavy atom. The summed E-state index contributed by atoms with van der Waals surface area (Å²) in [5, 5.41) is 13.3. The number of aliphatic hydroxyl groups excluding tert-OH is 1. The average Bonchev–Trinajstić information content (AvgIpc) is 2.80. The zero-order valence-electron chi connectivity index (χ0n) is 21.3. The van der Waals surface area contributed by atoms with Gasteiger partial charge in [-0.25, -0.2) is 0 Å². The van der Waals surface area contributed by atoms with Crippen LogP contribution in [0.2, 0.25) is 0 Å². The Balaban J connectivity index is 2.66. The summed E-state index contributed by atoms with van der Waals surface area (Å²) in [4.78, 5) is 11.9. The van der Waals surface area contributed by atoms with Gasteiger partial charge in [0.15, 0.2) is 11.5 Å². The van der Waals surface area contributed by atoms with Crippen LogP contribution in [0.15, 0.2) is 18.2 Å². The van der Waals surface area contributed by atoms with E-state index in [-0.39, 0.29) is 18.4 Å². The molecule has 0 bridgehead atoms. The highest BCUT2D eigenvalue weighted by atomic mass is 16.5. The second kappa shape index (κ2) is 16.7. The van der Waals surface area contributed by atoms with Crippen LogP contribution in [0.3, 0.4) is 0 Å². The largest absolute Gasteiger partial charge is 0.493 e. The number of nitrogens with one attached hydrogen (secondary N) is 1. The van der Waals surface area contributed by atoms with Gasteiger partial charge in [0.2, 0.25) is 5.91 Å². The minimum Gasteiger partial charge on any atom is -0.493 e. The van der Waals surface area contributed by atoms with E-state index in [1.54, 1.807) is 14.2 Å². The van der Waals surface area contributed by atoms with Crippen molar-refractivity contribution >= 4 is 5.91 Å². The summed E-state index contributed by atoms with van der Waals surface area (Å²) >= 11 is 0. The van der Waals surface area contributed by atoms with Crippen LogP contribution in [-0.4, -0.2) is 57.1 Å². The Kier molecular flexibility index (Phi) is 14.8. The first kappa shape index (κ1) is 29.2. The molecule has 0 saturated heterocycles. The quantitative estimate of drug-likeness (QED) is 0.285. The molecule has 33 heavy (non-hydrogen) atoms. The number of amides is 1. The third-order valence-electron chi connectivity index (χ3n) is 6.00. The van der Waals surface area contributed by atoms with E-state index < -0.39 is 12.1 Å². The van der Waals surface area contributed by atoms with Crippen LogP contribution in [0.1, 0.15) is 64.9 Å². The first-order chi connectivity index (χ1) is 15.8. The Morgan fingerprint density at radius 3 is 2.52 bits per heavy atom. The molecule has 0 aromatic heterocycles. The minimum absolute atomic E-state index is 0.0219. The fraction of sp³-hybridized carbons (Fsp3) is 0.731. The number of methoxy groups -OCH3 is 2. The minimum atomic E-state index is -0.767. The lowest BCUT2D eigenvalue weighted by atomic mass is 9.83. The molecule has 0 aliphatic heterocycles. The summed E-state index contributed by atoms with van der Waals surface area (Å²) < 4.78 is 16.4. The van der Waals surface area contributed by atoms with Crippen molar-refractivity contribution in [2.75, 3.05) is 34.0 Å². The maximum Gasteiger partial charge on any atom is 0.220 e. The van der Waals surface area contributed by atoms with Gasteiger partial charge in [0.1, 0.15) is 0 Å². The maximum absolute atomic E-state index is 11.9. The molecule has 1 aromatic rings. The van der Waals surface area contributed by atoms with Gasteiger partial charge in [0, 0.05) is 39.1 Å². The summed E-state index contributed by atoms with van der Waals surface area (Å²) in [5.41, 5.74) is 7.47. The summed E-state index contributed by atoms with van der Waals surface area (Å²) in [5.74, 6) is 2.08. The van der Waals surface area contributed by atoms with Crippen molar-refractivity contribution < 1.29 is 24.1 Å². The zero-order chi connectivity index (χ0) is 24.6. The lowest BCUT2D eigenvalue weighted by Crippen LogP contribution is -2.44. The van der Waals surface area contributed by atoms with E-state index in [0.717, 1.165) is 43.4 Å². The molecule has 190 valence electrons. The van der Waals surface area contributed by atoms with Crippen molar-refractivity contribution in [3.05, 3.63) is 23.8 Å². The number of ether oxygens (including phenoxy) is 3. The Hall–Kier alpha value is -1.83. The molecule has 0 spiro atoms. The number of unbranched alkanes of at least 4 members (excludes halogenated alkanes) is 2. The van der Waals surface area contributed by atoms with E-state index in [1.807, 2.05) is 12.1 Å². The predicted molar refractivity (Wildman–Crippen MR) is 133 cm³/mol. The molecular formula is C26H46N2O5. The first-order valence-electron chi connectivity index (χ1n) is 12.3. The van der Waals surface area contributed by atoms with Crippen molar-refractivity contribution in [1.29, 1.82) is 0 Å². The van der Waals surface area contributed by atoms with Crippen LogP contribution in [0.25, 0.3) is 0 Å². The SMILES string of the molecule is CCCCCC(=O)NC[C@H](O)[C@@H](N)C[C@H](Cc1ccc(OC)c(OCCCOC)c1)C(C)C. The fourth-order valence-electron chi connectivity index (χ4n) is 3.74. The molecule has 1 rings (SSSR count). The van der Waals surface area contributed by atoms with Gasteiger partial charge in [-0.2, -0.15) is 0 Å². The van der Waals surface area contributed by atoms with Crippen LogP contribution in [0.4, 0.5) is 0 Å². The lowest BCUT2D eigenvalue weighted by molar-refractivity contribution is -0.121. The molecule has 1 amide bonds. The standard InChI is InChI=1S/C26H46N2O5/c1-6-7-8-10-26(30)28-18-23(29)22(27)17-21(19(2)3)15-20-11-12-24(32-5)25(16-20)33-14-9-13-31-4/h11-12,16,19,21-23,29H,6-10,13-15,17-18,27H2,1-5H3,(H,28,30)/t21-,22-,23-/m0/s1. The van der Waals surface area contributed by atoms with Gasteiger partial charge < -0.3 is 30.4 Å². The molecule has 0 aliphatic rings. The second-order valence-corrected chi connectivity index (χ2v) is 9.12. The number of carbonyl (C=O) groups is 1. The Morgan fingerprint density at radius 2 is 1.88 bits per heavy atom. The summed E-state index contributed by atoms with van der Waals surface area (Å²) in [6, 6.07) is 5.60. The van der Waals surface area contributed by atoms with Crippen molar-refractivity contribution in [3.63, 3.8) is 0 Å². The number of hydrogen-bond donors (Lipinski definition) is 3. The van der Waals surface area contributed by atoms with Crippen LogP contribution in [-0.2, 0) is 16.0 Å². The topological polar surface area (TPSA) is 103 Å². The van der Waals surface area contributed by atoms with Crippen molar-refractivity contribution in [2.45, 2.75) is 77.9 Å². The molecule has 7 heteroatoms. The molecule has 1 aromatic carbocycles. The lowest BCUT2D eigenvalue weighted by Gasteiger charge is -2.27. The van der Waals surface area contributed by atoms with Crippen LogP contribution in [0.5, 0.6) is 11.5 Å². The Labute approximate surface area is 200 Å². The molecule has 0 radical (unpaired) electrons. The molecule has 0 aliphatic carbocycles. The third kappa shape index (κ3) is 11.7. The van der Waals surface area contributed by atoms with Crippen LogP contribution in [0, 0.1) is 11.8 Å². The second-order valence-electron chi connectivity index (χ2n) is 9.12. The van der Waals surface area contributed by atoms with E-state index in [9.17, 15) is 9.90 Å². The zero-order valence-corrected chi connectivity index (χ0v) is 21.3. The van der Waals surface area contributed by atoms with Crippen LogP contribution >= 0.6 is 0 Å². The molecule has 0 fully saturated rings. The predicted octanol–water partition coefficient (Wildman–Crippen LogP) is 3.70. The van der Waals surface area contributed by atoms with E-state index >= 15 is 0 Å². The number of carbonyl (C=O) groups excluding carboxylic acids is 1. The van der Waals surface area contributed by atoms with Gasteiger partial charge in [-0.15, -0.1) is 0 Å². The Bertz CT molecular complexity index is 668. The van der Waals surface area contributed by atoms with Gasteiger partial charge >= 0.3 is 0 Å². The third-order valence-corrected chi connectivity index (χ3v) is 6.00. The molecule has 3 atom stereocenters. The van der Waals surface area contributed by atoms with E-state index in [2.05, 4.69) is 32.2 Å². The smallest absolute Gasteiger partial charge is 0.220 e. The van der Waals surface area contributed by atoms with Crippen molar-refractivity contribution in [3.8, 4) is 11.5 Å². The number of aliphatic hydroxyl groups is 1. The molecular weight excluding hydrogens is 420 g/mol. The maximum atomic E-state index is 11.9.